The second-order valence-electron chi connectivity index (χ2n) is 3.79. The van der Waals surface area contributed by atoms with Gasteiger partial charge in [0.05, 0.1) is 0 Å². The van der Waals surface area contributed by atoms with Crippen LogP contribution in [0.25, 0.3) is 0 Å². The molecule has 0 fully saturated rings. The Hall–Kier alpha value is -0.750. The highest BCUT2D eigenvalue weighted by Gasteiger charge is 2.22. The number of hydrogen-bond donors (Lipinski definition) is 1. The van der Waals surface area contributed by atoms with Crippen LogP contribution in [0.2, 0.25) is 0 Å². The van der Waals surface area contributed by atoms with Gasteiger partial charge in [0.15, 0.2) is 0 Å². The maximum Gasteiger partial charge on any atom is 0.117 e. The maximum absolute atomic E-state index is 12.6. The van der Waals surface area contributed by atoms with Gasteiger partial charge >= 0.3 is 0 Å². The molecule has 0 unspecified atom stereocenters. The second-order valence-corrected chi connectivity index (χ2v) is 7.32. The quantitative estimate of drug-likeness (QED) is 0.798. The lowest BCUT2D eigenvalue weighted by Crippen LogP contribution is -2.13. The van der Waals surface area contributed by atoms with Gasteiger partial charge in [0.25, 0.3) is 0 Å². The highest BCUT2D eigenvalue weighted by Crippen LogP contribution is 2.45. The summed E-state index contributed by atoms with van der Waals surface area (Å²) in [5.74, 6) is 0. The van der Waals surface area contributed by atoms with Crippen molar-refractivity contribution in [3.63, 3.8) is 0 Å². The SMILES string of the molecule is CCP(=O)(CC)c1ccc(C)cc1NC. The van der Waals surface area contributed by atoms with Crippen molar-refractivity contribution in [3.8, 4) is 0 Å². The Morgan fingerprint density at radius 2 is 1.87 bits per heavy atom. The Balaban J connectivity index is 3.30. The van der Waals surface area contributed by atoms with Gasteiger partial charge in [-0.25, -0.2) is 0 Å². The van der Waals surface area contributed by atoms with Crippen LogP contribution in [-0.2, 0) is 4.57 Å². The molecule has 0 saturated heterocycles. The van der Waals surface area contributed by atoms with E-state index < -0.39 is 7.14 Å². The molecule has 0 aliphatic heterocycles. The molecular formula is C12H20NOP. The van der Waals surface area contributed by atoms with Crippen LogP contribution in [0.15, 0.2) is 18.2 Å². The van der Waals surface area contributed by atoms with E-state index in [2.05, 4.69) is 11.4 Å². The monoisotopic (exact) mass is 225 g/mol. The van der Waals surface area contributed by atoms with Crippen LogP contribution in [0.3, 0.4) is 0 Å². The second kappa shape index (κ2) is 4.85. The topological polar surface area (TPSA) is 29.1 Å². The lowest BCUT2D eigenvalue weighted by atomic mass is 10.2. The van der Waals surface area contributed by atoms with Crippen LogP contribution >= 0.6 is 7.14 Å². The molecule has 0 saturated carbocycles. The normalized spacial score (nSPS) is 11.5. The van der Waals surface area contributed by atoms with Crippen LogP contribution in [0, 0.1) is 6.92 Å². The predicted molar refractivity (Wildman–Crippen MR) is 69.0 cm³/mol. The van der Waals surface area contributed by atoms with Crippen LogP contribution in [-0.4, -0.2) is 19.4 Å². The van der Waals surface area contributed by atoms with Gasteiger partial charge in [0, 0.05) is 30.4 Å². The Morgan fingerprint density at radius 1 is 1.27 bits per heavy atom. The summed E-state index contributed by atoms with van der Waals surface area (Å²) in [5, 5.41) is 4.14. The minimum absolute atomic E-state index is 0.737. The molecule has 0 spiro atoms. The van der Waals surface area contributed by atoms with E-state index >= 15 is 0 Å². The van der Waals surface area contributed by atoms with Crippen LogP contribution < -0.4 is 10.6 Å². The Labute approximate surface area is 92.5 Å². The zero-order valence-corrected chi connectivity index (χ0v) is 10.9. The molecule has 1 aromatic carbocycles. The molecule has 0 radical (unpaired) electrons. The first kappa shape index (κ1) is 12.3. The van der Waals surface area contributed by atoms with Crippen LogP contribution in [0.4, 0.5) is 5.69 Å². The summed E-state index contributed by atoms with van der Waals surface area (Å²) in [6, 6.07) is 6.11. The van der Waals surface area contributed by atoms with E-state index in [1.807, 2.05) is 40.0 Å². The molecule has 0 amide bonds. The first-order chi connectivity index (χ1) is 7.07. The van der Waals surface area contributed by atoms with Crippen molar-refractivity contribution in [3.05, 3.63) is 23.8 Å². The molecule has 2 nitrogen and oxygen atoms in total. The Kier molecular flexibility index (Phi) is 3.98. The van der Waals surface area contributed by atoms with Gasteiger partial charge in [-0.3, -0.25) is 0 Å². The van der Waals surface area contributed by atoms with Crippen LogP contribution in [0.5, 0.6) is 0 Å². The van der Waals surface area contributed by atoms with Crippen LogP contribution in [0.1, 0.15) is 19.4 Å². The van der Waals surface area contributed by atoms with E-state index in [1.54, 1.807) is 0 Å². The van der Waals surface area contributed by atoms with E-state index in [-0.39, 0.29) is 0 Å². The number of hydrogen-bond acceptors (Lipinski definition) is 2. The van der Waals surface area contributed by atoms with Crippen molar-refractivity contribution in [1.29, 1.82) is 0 Å². The number of nitrogens with one attached hydrogen (secondary N) is 1. The van der Waals surface area contributed by atoms with Crippen molar-refractivity contribution >= 4 is 18.1 Å². The molecule has 0 bridgehead atoms. The first-order valence-electron chi connectivity index (χ1n) is 5.44. The molecule has 1 aromatic rings. The third-order valence-corrected chi connectivity index (χ3v) is 6.19. The lowest BCUT2D eigenvalue weighted by molar-refractivity contribution is 0.582. The highest BCUT2D eigenvalue weighted by atomic mass is 31.2. The number of benzene rings is 1. The molecule has 0 atom stereocenters. The van der Waals surface area contributed by atoms with Crippen molar-refractivity contribution in [2.24, 2.45) is 0 Å². The van der Waals surface area contributed by atoms with Crippen molar-refractivity contribution in [1.82, 2.24) is 0 Å². The van der Waals surface area contributed by atoms with E-state index in [1.165, 1.54) is 5.56 Å². The average Bonchev–Trinajstić information content (AvgIpc) is 2.27. The number of anilines is 1. The molecule has 0 aromatic heterocycles. The fourth-order valence-electron chi connectivity index (χ4n) is 1.77. The van der Waals surface area contributed by atoms with Crippen molar-refractivity contribution < 1.29 is 4.57 Å². The fourth-order valence-corrected chi connectivity index (χ4v) is 3.86. The molecule has 1 N–H and O–H groups in total. The fraction of sp³-hybridized carbons (Fsp3) is 0.500. The predicted octanol–water partition coefficient (Wildman–Crippen LogP) is 3.06. The van der Waals surface area contributed by atoms with E-state index in [0.717, 1.165) is 23.3 Å². The Bertz CT molecular complexity index is 379. The average molecular weight is 225 g/mol. The number of rotatable bonds is 4. The van der Waals surface area contributed by atoms with Gasteiger partial charge in [-0.05, 0) is 24.6 Å². The summed E-state index contributed by atoms with van der Waals surface area (Å²) in [5.41, 5.74) is 2.21. The summed E-state index contributed by atoms with van der Waals surface area (Å²) >= 11 is 0. The zero-order chi connectivity index (χ0) is 11.5. The van der Waals surface area contributed by atoms with Gasteiger partial charge < -0.3 is 9.88 Å². The highest BCUT2D eigenvalue weighted by molar-refractivity contribution is 7.71. The minimum Gasteiger partial charge on any atom is -0.388 e. The molecule has 84 valence electrons. The summed E-state index contributed by atoms with van der Waals surface area (Å²) in [6.07, 6.45) is 1.47. The smallest absolute Gasteiger partial charge is 0.117 e. The van der Waals surface area contributed by atoms with Gasteiger partial charge in [0.2, 0.25) is 0 Å². The van der Waals surface area contributed by atoms with Crippen molar-refractivity contribution in [2.45, 2.75) is 20.8 Å². The van der Waals surface area contributed by atoms with E-state index in [9.17, 15) is 4.57 Å². The Morgan fingerprint density at radius 3 is 2.33 bits per heavy atom. The third-order valence-electron chi connectivity index (χ3n) is 2.88. The lowest BCUT2D eigenvalue weighted by Gasteiger charge is -2.18. The molecule has 1 rings (SSSR count). The molecular weight excluding hydrogens is 205 g/mol. The summed E-state index contributed by atoms with van der Waals surface area (Å²) < 4.78 is 12.6. The first-order valence-corrected chi connectivity index (χ1v) is 7.52. The summed E-state index contributed by atoms with van der Waals surface area (Å²) in [7, 11) is -0.287. The van der Waals surface area contributed by atoms with Crippen molar-refractivity contribution in [2.75, 3.05) is 24.7 Å². The molecule has 0 heterocycles. The minimum atomic E-state index is -2.17. The standard InChI is InChI=1S/C12H20NOP/c1-5-15(14,6-2)12-8-7-10(3)9-11(12)13-4/h7-9,13H,5-6H2,1-4H3. The summed E-state index contributed by atoms with van der Waals surface area (Å²) in [4.78, 5) is 0. The maximum atomic E-state index is 12.6. The van der Waals surface area contributed by atoms with Gasteiger partial charge in [-0.15, -0.1) is 0 Å². The van der Waals surface area contributed by atoms with Gasteiger partial charge in [0.1, 0.15) is 7.14 Å². The largest absolute Gasteiger partial charge is 0.388 e. The third kappa shape index (κ3) is 2.43. The molecule has 3 heteroatoms. The van der Waals surface area contributed by atoms with E-state index in [4.69, 9.17) is 0 Å². The van der Waals surface area contributed by atoms with Gasteiger partial charge in [-0.1, -0.05) is 19.9 Å². The van der Waals surface area contributed by atoms with Gasteiger partial charge in [-0.2, -0.15) is 0 Å². The number of aryl methyl sites for hydroxylation is 1. The van der Waals surface area contributed by atoms with E-state index in [0.29, 0.717) is 0 Å². The molecule has 0 aliphatic carbocycles. The zero-order valence-electron chi connectivity index (χ0n) is 10.0. The summed E-state index contributed by atoms with van der Waals surface area (Å²) in [6.45, 7) is 6.06. The molecule has 0 aliphatic rings. The molecule has 15 heavy (non-hydrogen) atoms.